The van der Waals surface area contributed by atoms with Gasteiger partial charge >= 0.3 is 0 Å². The van der Waals surface area contributed by atoms with Crippen LogP contribution in [0, 0.1) is 9.39 Å². The van der Waals surface area contributed by atoms with Crippen molar-refractivity contribution in [3.8, 4) is 5.88 Å². The van der Waals surface area contributed by atoms with E-state index in [1.165, 1.54) is 13.3 Å². The van der Waals surface area contributed by atoms with Crippen molar-refractivity contribution in [3.05, 3.63) is 55.4 Å². The number of methoxy groups -OCH3 is 1. The first-order valence-corrected chi connectivity index (χ1v) is 7.55. The van der Waals surface area contributed by atoms with E-state index in [0.29, 0.717) is 5.56 Å². The predicted molar refractivity (Wildman–Crippen MR) is 86.8 cm³/mol. The minimum absolute atomic E-state index is 0.0514. The summed E-state index contributed by atoms with van der Waals surface area (Å²) >= 11 is 5.65. The highest BCUT2D eigenvalue weighted by Gasteiger charge is 2.22. The molecular formula is C13H12BrFIN3O. The van der Waals surface area contributed by atoms with Gasteiger partial charge in [-0.3, -0.25) is 5.84 Å². The zero-order valence-corrected chi connectivity index (χ0v) is 14.3. The van der Waals surface area contributed by atoms with Gasteiger partial charge in [0, 0.05) is 19.8 Å². The molecule has 1 unspecified atom stereocenters. The number of nitrogens with one attached hydrogen (secondary N) is 1. The molecule has 0 aliphatic heterocycles. The Morgan fingerprint density at radius 2 is 2.15 bits per heavy atom. The average Bonchev–Trinajstić information content (AvgIpc) is 2.45. The van der Waals surface area contributed by atoms with E-state index in [1.807, 2.05) is 18.2 Å². The molecule has 1 atom stereocenters. The molecule has 2 rings (SSSR count). The Kier molecular flexibility index (Phi) is 5.30. The lowest BCUT2D eigenvalue weighted by Crippen LogP contribution is -2.30. The summed E-state index contributed by atoms with van der Waals surface area (Å²) in [6.07, 6.45) is 1.49. The number of pyridine rings is 1. The smallest absolute Gasteiger partial charge is 0.250 e. The molecule has 0 bridgehead atoms. The highest BCUT2D eigenvalue weighted by atomic mass is 127. The zero-order chi connectivity index (χ0) is 14.7. The van der Waals surface area contributed by atoms with Crippen LogP contribution in [0.5, 0.6) is 5.88 Å². The number of nitrogens with zero attached hydrogens (tertiary/aromatic N) is 1. The van der Waals surface area contributed by atoms with Gasteiger partial charge in [-0.25, -0.2) is 14.8 Å². The standard InChI is InChI=1S/C13H12BrFIN3O/c1-20-13-11(15)8(4-5-18-13)12(19-17)9-6-7(16)2-3-10(9)14/h2-6,12,19H,17H2,1H3. The Morgan fingerprint density at radius 1 is 1.40 bits per heavy atom. The predicted octanol–water partition coefficient (Wildman–Crippen LogP) is 3.15. The van der Waals surface area contributed by atoms with Crippen LogP contribution in [-0.2, 0) is 0 Å². The first-order chi connectivity index (χ1) is 9.58. The van der Waals surface area contributed by atoms with Crippen LogP contribution in [-0.4, -0.2) is 12.1 Å². The van der Waals surface area contributed by atoms with Gasteiger partial charge in [-0.15, -0.1) is 0 Å². The second-order valence-electron chi connectivity index (χ2n) is 3.99. The highest BCUT2D eigenvalue weighted by molar-refractivity contribution is 14.1. The maximum absolute atomic E-state index is 14.3. The maximum atomic E-state index is 14.3. The molecule has 0 saturated heterocycles. The number of hydrogen-bond acceptors (Lipinski definition) is 4. The third-order valence-corrected chi connectivity index (χ3v) is 4.22. The monoisotopic (exact) mass is 451 g/mol. The molecule has 1 aromatic carbocycles. The molecule has 7 heteroatoms. The number of nitrogens with two attached hydrogens (primary N) is 1. The number of hydrazine groups is 1. The van der Waals surface area contributed by atoms with Gasteiger partial charge in [0.1, 0.15) is 0 Å². The molecule has 0 aliphatic carbocycles. The highest BCUT2D eigenvalue weighted by Crippen LogP contribution is 2.32. The summed E-state index contributed by atoms with van der Waals surface area (Å²) in [4.78, 5) is 3.83. The van der Waals surface area contributed by atoms with Gasteiger partial charge in [-0.1, -0.05) is 15.9 Å². The Balaban J connectivity index is 2.55. The summed E-state index contributed by atoms with van der Waals surface area (Å²) in [5.41, 5.74) is 3.85. The first kappa shape index (κ1) is 15.6. The Morgan fingerprint density at radius 3 is 2.80 bits per heavy atom. The number of rotatable bonds is 4. The second-order valence-corrected chi connectivity index (χ2v) is 6.09. The van der Waals surface area contributed by atoms with Gasteiger partial charge in [0.15, 0.2) is 5.82 Å². The maximum Gasteiger partial charge on any atom is 0.250 e. The lowest BCUT2D eigenvalue weighted by Gasteiger charge is -2.19. The molecule has 4 nitrogen and oxygen atoms in total. The SMILES string of the molecule is COc1nccc(C(NN)c2cc(I)ccc2Br)c1F. The molecule has 0 spiro atoms. The van der Waals surface area contributed by atoms with Crippen molar-refractivity contribution in [2.45, 2.75) is 6.04 Å². The van der Waals surface area contributed by atoms with Crippen LogP contribution in [0.1, 0.15) is 17.2 Å². The Labute approximate surface area is 138 Å². The van der Waals surface area contributed by atoms with Crippen molar-refractivity contribution in [2.75, 3.05) is 7.11 Å². The van der Waals surface area contributed by atoms with Crippen molar-refractivity contribution < 1.29 is 9.13 Å². The molecule has 3 N–H and O–H groups in total. The number of hydrogen-bond donors (Lipinski definition) is 2. The molecule has 0 fully saturated rings. The fraction of sp³-hybridized carbons (Fsp3) is 0.154. The van der Waals surface area contributed by atoms with Gasteiger partial charge < -0.3 is 4.74 Å². The van der Waals surface area contributed by atoms with Crippen LogP contribution < -0.4 is 16.0 Å². The van der Waals surface area contributed by atoms with E-state index >= 15 is 0 Å². The number of halogens is 3. The summed E-state index contributed by atoms with van der Waals surface area (Å²) in [6, 6.07) is 6.86. The molecule has 0 amide bonds. The lowest BCUT2D eigenvalue weighted by molar-refractivity contribution is 0.364. The van der Waals surface area contributed by atoms with Crippen LogP contribution in [0.4, 0.5) is 4.39 Å². The van der Waals surface area contributed by atoms with E-state index in [9.17, 15) is 4.39 Å². The molecule has 1 heterocycles. The first-order valence-electron chi connectivity index (χ1n) is 5.68. The van der Waals surface area contributed by atoms with E-state index in [-0.39, 0.29) is 5.88 Å². The van der Waals surface area contributed by atoms with Crippen LogP contribution in [0.3, 0.4) is 0 Å². The lowest BCUT2D eigenvalue weighted by atomic mass is 10.00. The molecular weight excluding hydrogens is 440 g/mol. The molecule has 0 saturated carbocycles. The zero-order valence-electron chi connectivity index (χ0n) is 10.5. The van der Waals surface area contributed by atoms with Crippen LogP contribution in [0.25, 0.3) is 0 Å². The van der Waals surface area contributed by atoms with Crippen molar-refractivity contribution in [1.82, 2.24) is 10.4 Å². The van der Waals surface area contributed by atoms with Crippen molar-refractivity contribution in [2.24, 2.45) is 5.84 Å². The minimum atomic E-state index is -0.524. The summed E-state index contributed by atoms with van der Waals surface area (Å²) in [5, 5.41) is 0. The van der Waals surface area contributed by atoms with Gasteiger partial charge in [-0.2, -0.15) is 0 Å². The van der Waals surface area contributed by atoms with Crippen LogP contribution in [0.15, 0.2) is 34.9 Å². The largest absolute Gasteiger partial charge is 0.479 e. The van der Waals surface area contributed by atoms with Crippen LogP contribution in [0.2, 0.25) is 0 Å². The van der Waals surface area contributed by atoms with E-state index in [0.717, 1.165) is 13.6 Å². The fourth-order valence-electron chi connectivity index (χ4n) is 1.89. The topological polar surface area (TPSA) is 60.2 Å². The third-order valence-electron chi connectivity index (χ3n) is 2.83. The minimum Gasteiger partial charge on any atom is -0.479 e. The second kappa shape index (κ2) is 6.79. The van der Waals surface area contributed by atoms with E-state index in [4.69, 9.17) is 10.6 Å². The Bertz CT molecular complexity index is 627. The molecule has 20 heavy (non-hydrogen) atoms. The molecule has 106 valence electrons. The summed E-state index contributed by atoms with van der Waals surface area (Å²) < 4.78 is 21.1. The van der Waals surface area contributed by atoms with Crippen molar-refractivity contribution >= 4 is 38.5 Å². The van der Waals surface area contributed by atoms with E-state index < -0.39 is 11.9 Å². The summed E-state index contributed by atoms with van der Waals surface area (Å²) in [6.45, 7) is 0. The van der Waals surface area contributed by atoms with E-state index in [1.54, 1.807) is 6.07 Å². The Hall–Kier alpha value is -0.770. The van der Waals surface area contributed by atoms with E-state index in [2.05, 4.69) is 48.9 Å². The molecule has 1 aromatic heterocycles. The average molecular weight is 452 g/mol. The van der Waals surface area contributed by atoms with Gasteiger partial charge in [0.25, 0.3) is 0 Å². The van der Waals surface area contributed by atoms with Crippen molar-refractivity contribution in [3.63, 3.8) is 0 Å². The van der Waals surface area contributed by atoms with Gasteiger partial charge in [0.05, 0.1) is 13.2 Å². The normalized spacial score (nSPS) is 12.2. The number of benzene rings is 1. The van der Waals surface area contributed by atoms with Gasteiger partial charge in [-0.05, 0) is 52.4 Å². The van der Waals surface area contributed by atoms with Crippen molar-refractivity contribution in [1.29, 1.82) is 0 Å². The number of ether oxygens (including phenoxy) is 1. The van der Waals surface area contributed by atoms with Gasteiger partial charge in [0.2, 0.25) is 5.88 Å². The van der Waals surface area contributed by atoms with Crippen LogP contribution >= 0.6 is 38.5 Å². The number of aromatic nitrogens is 1. The fourth-order valence-corrected chi connectivity index (χ4v) is 2.88. The third kappa shape index (κ3) is 3.11. The molecule has 2 aromatic rings. The molecule has 0 radical (unpaired) electrons. The summed E-state index contributed by atoms with van der Waals surface area (Å²) in [7, 11) is 1.38. The molecule has 0 aliphatic rings. The quantitative estimate of drug-likeness (QED) is 0.426. The summed E-state index contributed by atoms with van der Waals surface area (Å²) in [5.74, 6) is 5.04.